The molecule has 1 aliphatic carbocycles. The van der Waals surface area contributed by atoms with Crippen LogP contribution < -0.4 is 5.32 Å². The topological polar surface area (TPSA) is 49.4 Å². The highest BCUT2D eigenvalue weighted by Gasteiger charge is 2.51. The van der Waals surface area contributed by atoms with Gasteiger partial charge in [-0.15, -0.1) is 0 Å². The second-order valence-corrected chi connectivity index (χ2v) is 5.96. The van der Waals surface area contributed by atoms with Crippen molar-refractivity contribution in [2.75, 3.05) is 0 Å². The zero-order chi connectivity index (χ0) is 15.0. The highest BCUT2D eigenvalue weighted by atomic mass is 16.2. The van der Waals surface area contributed by atoms with Gasteiger partial charge in [0.05, 0.1) is 0 Å². The van der Waals surface area contributed by atoms with Gasteiger partial charge in [-0.05, 0) is 24.8 Å². The summed E-state index contributed by atoms with van der Waals surface area (Å²) in [6.45, 7) is 3.91. The largest absolute Gasteiger partial charge is 0.343 e. The van der Waals surface area contributed by atoms with Crippen LogP contribution in [-0.2, 0) is 9.59 Å². The van der Waals surface area contributed by atoms with Gasteiger partial charge in [0.15, 0.2) is 0 Å². The fourth-order valence-electron chi connectivity index (χ4n) is 3.39. The quantitative estimate of drug-likeness (QED) is 0.921. The molecule has 2 fully saturated rings. The zero-order valence-corrected chi connectivity index (χ0v) is 12.6. The van der Waals surface area contributed by atoms with Crippen molar-refractivity contribution in [1.82, 2.24) is 10.2 Å². The van der Waals surface area contributed by atoms with Crippen LogP contribution in [0.1, 0.15) is 44.6 Å². The molecule has 4 heteroatoms. The summed E-state index contributed by atoms with van der Waals surface area (Å²) in [4.78, 5) is 26.7. The van der Waals surface area contributed by atoms with E-state index in [0.29, 0.717) is 18.8 Å². The molecule has 0 spiro atoms. The smallest absolute Gasteiger partial charge is 0.246 e. The fraction of sp³-hybridized carbons (Fsp3) is 0.529. The Labute approximate surface area is 125 Å². The van der Waals surface area contributed by atoms with Gasteiger partial charge in [0.1, 0.15) is 12.1 Å². The summed E-state index contributed by atoms with van der Waals surface area (Å²) in [5.74, 6) is 0.475. The number of hydrogen-bond acceptors (Lipinski definition) is 2. The monoisotopic (exact) mass is 286 g/mol. The van der Waals surface area contributed by atoms with Crippen LogP contribution in [0.2, 0.25) is 0 Å². The van der Waals surface area contributed by atoms with Crippen molar-refractivity contribution >= 4 is 11.8 Å². The zero-order valence-electron chi connectivity index (χ0n) is 12.6. The lowest BCUT2D eigenvalue weighted by atomic mass is 10.0. The van der Waals surface area contributed by atoms with E-state index in [1.807, 2.05) is 36.9 Å². The van der Waals surface area contributed by atoms with E-state index in [-0.39, 0.29) is 29.9 Å². The summed E-state index contributed by atoms with van der Waals surface area (Å²) < 4.78 is 0. The van der Waals surface area contributed by atoms with Crippen LogP contribution in [0.3, 0.4) is 0 Å². The van der Waals surface area contributed by atoms with Crippen molar-refractivity contribution in [3.8, 4) is 0 Å². The Morgan fingerprint density at radius 3 is 2.48 bits per heavy atom. The van der Waals surface area contributed by atoms with E-state index in [0.717, 1.165) is 6.42 Å². The van der Waals surface area contributed by atoms with Crippen LogP contribution in [0.5, 0.6) is 0 Å². The molecule has 112 valence electrons. The lowest BCUT2D eigenvalue weighted by Gasteiger charge is -2.39. The molecule has 4 unspecified atom stereocenters. The van der Waals surface area contributed by atoms with Gasteiger partial charge in [0, 0.05) is 12.0 Å². The number of nitrogens with one attached hydrogen (secondary N) is 1. The van der Waals surface area contributed by atoms with Gasteiger partial charge in [0.25, 0.3) is 0 Å². The van der Waals surface area contributed by atoms with E-state index in [4.69, 9.17) is 0 Å². The standard InChI is InChI=1S/C17H22N2O2/c1-3-13-17(21)19(14(4-2)16(20)18-13)15-10-12(15)11-8-6-5-7-9-11/h5-9,12-15H,3-4,10H2,1-2H3,(H,18,20). The molecule has 1 saturated heterocycles. The maximum Gasteiger partial charge on any atom is 0.246 e. The molecule has 2 aliphatic rings. The molecule has 1 heterocycles. The first-order valence-electron chi connectivity index (χ1n) is 7.84. The summed E-state index contributed by atoms with van der Waals surface area (Å²) in [7, 11) is 0. The van der Waals surface area contributed by atoms with Crippen molar-refractivity contribution in [2.45, 2.75) is 57.2 Å². The minimum absolute atomic E-state index is 0.00246. The predicted molar refractivity (Wildman–Crippen MR) is 80.7 cm³/mol. The van der Waals surface area contributed by atoms with Crippen LogP contribution >= 0.6 is 0 Å². The molecule has 1 aromatic carbocycles. The highest BCUT2D eigenvalue weighted by Crippen LogP contribution is 2.46. The first kappa shape index (κ1) is 14.1. The summed E-state index contributed by atoms with van der Waals surface area (Å²) >= 11 is 0. The Morgan fingerprint density at radius 2 is 1.86 bits per heavy atom. The molecular formula is C17H22N2O2. The molecule has 3 rings (SSSR count). The average molecular weight is 286 g/mol. The van der Waals surface area contributed by atoms with E-state index in [1.165, 1.54) is 5.56 Å². The molecule has 0 bridgehead atoms. The Bertz CT molecular complexity index is 543. The average Bonchev–Trinajstić information content (AvgIpc) is 3.29. The maximum atomic E-state index is 12.6. The van der Waals surface area contributed by atoms with Crippen molar-refractivity contribution in [3.63, 3.8) is 0 Å². The molecule has 1 aliphatic heterocycles. The molecule has 0 radical (unpaired) electrons. The number of hydrogen-bond donors (Lipinski definition) is 1. The van der Waals surface area contributed by atoms with E-state index < -0.39 is 0 Å². The Hall–Kier alpha value is -1.84. The SMILES string of the molecule is CCC1NC(=O)C(CC)N(C2CC2c2ccccc2)C1=O. The van der Waals surface area contributed by atoms with E-state index >= 15 is 0 Å². The number of carbonyl (C=O) groups excluding carboxylic acids is 2. The summed E-state index contributed by atoms with van der Waals surface area (Å²) in [5.41, 5.74) is 1.27. The van der Waals surface area contributed by atoms with Crippen LogP contribution in [0.15, 0.2) is 30.3 Å². The minimum Gasteiger partial charge on any atom is -0.343 e. The lowest BCUT2D eigenvalue weighted by molar-refractivity contribution is -0.150. The van der Waals surface area contributed by atoms with Crippen LogP contribution in [0, 0.1) is 0 Å². The van der Waals surface area contributed by atoms with Crippen molar-refractivity contribution in [3.05, 3.63) is 35.9 Å². The van der Waals surface area contributed by atoms with Crippen molar-refractivity contribution in [1.29, 1.82) is 0 Å². The van der Waals surface area contributed by atoms with Gasteiger partial charge in [0.2, 0.25) is 11.8 Å². The second kappa shape index (κ2) is 5.51. The van der Waals surface area contributed by atoms with Crippen molar-refractivity contribution in [2.24, 2.45) is 0 Å². The Balaban J connectivity index is 1.82. The molecule has 2 amide bonds. The first-order chi connectivity index (χ1) is 10.2. The molecular weight excluding hydrogens is 264 g/mol. The summed E-state index contributed by atoms with van der Waals surface area (Å²) in [6, 6.07) is 9.81. The van der Waals surface area contributed by atoms with Crippen LogP contribution in [0.4, 0.5) is 0 Å². The fourth-order valence-corrected chi connectivity index (χ4v) is 3.39. The molecule has 21 heavy (non-hydrogen) atoms. The third kappa shape index (κ3) is 2.43. The predicted octanol–water partition coefficient (Wildman–Crippen LogP) is 2.06. The summed E-state index contributed by atoms with van der Waals surface area (Å²) in [5, 5.41) is 2.85. The normalized spacial score (nSPS) is 32.0. The van der Waals surface area contributed by atoms with E-state index in [2.05, 4.69) is 17.4 Å². The van der Waals surface area contributed by atoms with Crippen LogP contribution in [0.25, 0.3) is 0 Å². The van der Waals surface area contributed by atoms with Gasteiger partial charge in [-0.25, -0.2) is 0 Å². The molecule has 4 atom stereocenters. The number of rotatable bonds is 4. The number of nitrogens with zero attached hydrogens (tertiary/aromatic N) is 1. The van der Waals surface area contributed by atoms with Gasteiger partial charge >= 0.3 is 0 Å². The van der Waals surface area contributed by atoms with E-state index in [1.54, 1.807) is 0 Å². The number of piperazine rings is 1. The first-order valence-corrected chi connectivity index (χ1v) is 7.84. The van der Waals surface area contributed by atoms with Gasteiger partial charge in [-0.3, -0.25) is 9.59 Å². The van der Waals surface area contributed by atoms with Gasteiger partial charge < -0.3 is 10.2 Å². The second-order valence-electron chi connectivity index (χ2n) is 5.96. The molecule has 1 saturated carbocycles. The molecule has 1 aromatic rings. The Morgan fingerprint density at radius 1 is 1.14 bits per heavy atom. The molecule has 0 aromatic heterocycles. The third-order valence-corrected chi connectivity index (χ3v) is 4.64. The number of carbonyl (C=O) groups is 2. The molecule has 1 N–H and O–H groups in total. The maximum absolute atomic E-state index is 12.6. The Kier molecular flexibility index (Phi) is 3.70. The minimum atomic E-state index is -0.350. The number of amides is 2. The number of benzene rings is 1. The van der Waals surface area contributed by atoms with Gasteiger partial charge in [-0.1, -0.05) is 44.2 Å². The lowest BCUT2D eigenvalue weighted by Crippen LogP contribution is -2.63. The van der Waals surface area contributed by atoms with E-state index in [9.17, 15) is 9.59 Å². The van der Waals surface area contributed by atoms with Crippen LogP contribution in [-0.4, -0.2) is 34.8 Å². The summed E-state index contributed by atoms with van der Waals surface area (Å²) in [6.07, 6.45) is 2.29. The molecule has 4 nitrogen and oxygen atoms in total. The highest BCUT2D eigenvalue weighted by molar-refractivity contribution is 5.97. The van der Waals surface area contributed by atoms with Crippen molar-refractivity contribution < 1.29 is 9.59 Å². The third-order valence-electron chi connectivity index (χ3n) is 4.64. The van der Waals surface area contributed by atoms with Gasteiger partial charge in [-0.2, -0.15) is 0 Å².